The minimum absolute atomic E-state index is 0.154. The summed E-state index contributed by atoms with van der Waals surface area (Å²) in [4.78, 5) is 37.0. The molecule has 1 atom stereocenters. The Kier molecular flexibility index (Phi) is 3.88. The van der Waals surface area contributed by atoms with E-state index >= 15 is 0 Å². The van der Waals surface area contributed by atoms with Crippen molar-refractivity contribution in [1.29, 1.82) is 0 Å². The van der Waals surface area contributed by atoms with Crippen LogP contribution in [0.3, 0.4) is 0 Å². The van der Waals surface area contributed by atoms with Gasteiger partial charge in [-0.05, 0) is 31.4 Å². The monoisotopic (exact) mass is 274 g/mol. The number of carbonyl (C=O) groups excluding carboxylic acids is 3. The third-order valence-electron chi connectivity index (χ3n) is 3.80. The smallest absolute Gasteiger partial charge is 0.254 e. The van der Waals surface area contributed by atoms with Crippen molar-refractivity contribution in [3.8, 4) is 0 Å². The second kappa shape index (κ2) is 5.45. The third-order valence-corrected chi connectivity index (χ3v) is 3.80. The molecule has 2 fully saturated rings. The van der Waals surface area contributed by atoms with Gasteiger partial charge >= 0.3 is 0 Å². The fraction of sp³-hybridized carbons (Fsp3) is 0.400. The Labute approximate surface area is 118 Å². The van der Waals surface area contributed by atoms with Gasteiger partial charge in [-0.1, -0.05) is 18.7 Å². The van der Waals surface area contributed by atoms with Crippen molar-refractivity contribution in [2.75, 3.05) is 6.54 Å². The molecular weight excluding hydrogens is 256 g/mol. The molecule has 0 saturated carbocycles. The van der Waals surface area contributed by atoms with Gasteiger partial charge in [-0.3, -0.25) is 19.7 Å². The van der Waals surface area contributed by atoms with Gasteiger partial charge < -0.3 is 4.90 Å². The summed E-state index contributed by atoms with van der Waals surface area (Å²) in [6.45, 7) is 7.81. The topological polar surface area (TPSA) is 66.5 Å². The molecule has 1 unspecified atom stereocenters. The second-order valence-electron chi connectivity index (χ2n) is 4.97. The number of rotatable bonds is 2. The molecule has 0 bridgehead atoms. The van der Waals surface area contributed by atoms with Gasteiger partial charge in [0.15, 0.2) is 0 Å². The van der Waals surface area contributed by atoms with E-state index < -0.39 is 6.04 Å². The highest BCUT2D eigenvalue weighted by molar-refractivity contribution is 6.07. The molecule has 106 valence electrons. The van der Waals surface area contributed by atoms with E-state index in [2.05, 4.69) is 11.9 Å². The van der Waals surface area contributed by atoms with Crippen molar-refractivity contribution in [3.05, 3.63) is 35.5 Å². The molecule has 2 aliphatic rings. The van der Waals surface area contributed by atoms with Crippen molar-refractivity contribution in [1.82, 2.24) is 10.2 Å². The number of nitrogens with one attached hydrogen (secondary N) is 1. The van der Waals surface area contributed by atoms with Crippen LogP contribution in [0.4, 0.5) is 0 Å². The average Bonchev–Trinajstić information content (AvgIpc) is 2.75. The molecule has 2 aliphatic heterocycles. The Bertz CT molecular complexity index is 557. The maximum absolute atomic E-state index is 12.4. The SMILES string of the molecule is C=C/C(C)=C1/CN(C2CCC(=O)NC2=O)C(=O)/C1=C/C. The molecule has 0 radical (unpaired) electrons. The van der Waals surface area contributed by atoms with Crippen LogP contribution in [0.15, 0.2) is 35.5 Å². The lowest BCUT2D eigenvalue weighted by Gasteiger charge is -2.29. The molecule has 0 aliphatic carbocycles. The predicted molar refractivity (Wildman–Crippen MR) is 74.5 cm³/mol. The number of nitrogens with zero attached hydrogens (tertiary/aromatic N) is 1. The molecule has 5 heteroatoms. The first-order chi connectivity index (χ1) is 9.49. The highest BCUT2D eigenvalue weighted by atomic mass is 16.2. The Hall–Kier alpha value is -2.17. The Morgan fingerprint density at radius 2 is 2.10 bits per heavy atom. The van der Waals surface area contributed by atoms with Crippen LogP contribution >= 0.6 is 0 Å². The Balaban J connectivity index is 2.31. The van der Waals surface area contributed by atoms with Gasteiger partial charge in [0, 0.05) is 18.5 Å². The van der Waals surface area contributed by atoms with E-state index in [1.165, 1.54) is 0 Å². The molecule has 0 aromatic carbocycles. The minimum atomic E-state index is -0.565. The van der Waals surface area contributed by atoms with Gasteiger partial charge in [0.05, 0.1) is 0 Å². The Morgan fingerprint density at radius 1 is 1.40 bits per heavy atom. The van der Waals surface area contributed by atoms with Crippen LogP contribution in [0.5, 0.6) is 0 Å². The first-order valence-electron chi connectivity index (χ1n) is 6.63. The van der Waals surface area contributed by atoms with Crippen molar-refractivity contribution >= 4 is 17.7 Å². The Morgan fingerprint density at radius 3 is 2.65 bits per heavy atom. The molecule has 2 rings (SSSR count). The maximum Gasteiger partial charge on any atom is 0.254 e. The molecule has 5 nitrogen and oxygen atoms in total. The first-order valence-corrected chi connectivity index (χ1v) is 6.63. The number of imide groups is 1. The molecule has 1 N–H and O–H groups in total. The zero-order chi connectivity index (χ0) is 14.9. The van der Waals surface area contributed by atoms with Crippen LogP contribution < -0.4 is 5.32 Å². The molecule has 2 saturated heterocycles. The number of likely N-dealkylation sites (tertiary alicyclic amines) is 1. The molecular formula is C15H18N2O3. The van der Waals surface area contributed by atoms with E-state index in [-0.39, 0.29) is 24.1 Å². The van der Waals surface area contributed by atoms with Gasteiger partial charge in [-0.25, -0.2) is 0 Å². The summed E-state index contributed by atoms with van der Waals surface area (Å²) >= 11 is 0. The van der Waals surface area contributed by atoms with Crippen molar-refractivity contribution in [2.45, 2.75) is 32.7 Å². The van der Waals surface area contributed by atoms with Gasteiger partial charge in [-0.2, -0.15) is 0 Å². The predicted octanol–water partition coefficient (Wildman–Crippen LogP) is 1.08. The van der Waals surface area contributed by atoms with E-state index in [4.69, 9.17) is 0 Å². The van der Waals surface area contributed by atoms with E-state index in [1.54, 1.807) is 24.0 Å². The van der Waals surface area contributed by atoms with Gasteiger partial charge in [0.25, 0.3) is 5.91 Å². The van der Waals surface area contributed by atoms with Crippen LogP contribution in [0.1, 0.15) is 26.7 Å². The van der Waals surface area contributed by atoms with Crippen molar-refractivity contribution in [3.63, 3.8) is 0 Å². The van der Waals surface area contributed by atoms with Crippen molar-refractivity contribution < 1.29 is 14.4 Å². The van der Waals surface area contributed by atoms with Crippen LogP contribution in [0, 0.1) is 0 Å². The lowest BCUT2D eigenvalue weighted by Crippen LogP contribution is -2.52. The summed E-state index contributed by atoms with van der Waals surface area (Å²) in [6, 6.07) is -0.565. The number of hydrogen-bond donors (Lipinski definition) is 1. The maximum atomic E-state index is 12.4. The number of amides is 3. The first kappa shape index (κ1) is 14.2. The summed E-state index contributed by atoms with van der Waals surface area (Å²) in [7, 11) is 0. The zero-order valence-electron chi connectivity index (χ0n) is 11.7. The summed E-state index contributed by atoms with van der Waals surface area (Å²) in [6.07, 6.45) is 4.12. The largest absolute Gasteiger partial charge is 0.322 e. The van der Waals surface area contributed by atoms with Crippen LogP contribution in [-0.4, -0.2) is 35.2 Å². The lowest BCUT2D eigenvalue weighted by atomic mass is 10.0. The summed E-state index contributed by atoms with van der Waals surface area (Å²) in [5, 5.41) is 2.29. The van der Waals surface area contributed by atoms with Gasteiger partial charge in [0.2, 0.25) is 11.8 Å². The van der Waals surface area contributed by atoms with E-state index in [0.29, 0.717) is 18.5 Å². The van der Waals surface area contributed by atoms with Gasteiger partial charge in [0.1, 0.15) is 6.04 Å². The quantitative estimate of drug-likeness (QED) is 0.605. The van der Waals surface area contributed by atoms with Crippen LogP contribution in [0.25, 0.3) is 0 Å². The minimum Gasteiger partial charge on any atom is -0.322 e. The molecule has 0 aromatic rings. The fourth-order valence-electron chi connectivity index (χ4n) is 2.60. The summed E-state index contributed by atoms with van der Waals surface area (Å²) in [5.41, 5.74) is 2.45. The van der Waals surface area contributed by atoms with Crippen molar-refractivity contribution in [2.24, 2.45) is 0 Å². The highest BCUT2D eigenvalue weighted by Crippen LogP contribution is 2.30. The lowest BCUT2D eigenvalue weighted by molar-refractivity contribution is -0.142. The average molecular weight is 274 g/mol. The molecule has 20 heavy (non-hydrogen) atoms. The van der Waals surface area contributed by atoms with E-state index in [9.17, 15) is 14.4 Å². The number of carbonyl (C=O) groups is 3. The standard InChI is InChI=1S/C15H18N2O3/c1-4-9(3)11-8-17(15(20)10(11)5-2)12-6-7-13(18)16-14(12)19/h4-5,12H,1,6-8H2,2-3H3,(H,16,18,19)/b10-5+,11-9-. The van der Waals surface area contributed by atoms with Gasteiger partial charge in [-0.15, -0.1) is 0 Å². The number of piperidine rings is 1. The molecule has 0 aromatic heterocycles. The second-order valence-corrected chi connectivity index (χ2v) is 4.97. The molecule has 3 amide bonds. The van der Waals surface area contributed by atoms with E-state index in [0.717, 1.165) is 11.1 Å². The third kappa shape index (κ3) is 2.31. The summed E-state index contributed by atoms with van der Waals surface area (Å²) in [5.74, 6) is -0.817. The number of allylic oxidation sites excluding steroid dienone is 3. The summed E-state index contributed by atoms with van der Waals surface area (Å²) < 4.78 is 0. The molecule has 0 spiro atoms. The number of hydrogen-bond acceptors (Lipinski definition) is 3. The molecule has 2 heterocycles. The zero-order valence-corrected chi connectivity index (χ0v) is 11.7. The highest BCUT2D eigenvalue weighted by Gasteiger charge is 2.40. The van der Waals surface area contributed by atoms with Crippen LogP contribution in [-0.2, 0) is 14.4 Å². The van der Waals surface area contributed by atoms with E-state index in [1.807, 2.05) is 6.92 Å². The van der Waals surface area contributed by atoms with Crippen LogP contribution in [0.2, 0.25) is 0 Å². The normalized spacial score (nSPS) is 27.9. The fourth-order valence-corrected chi connectivity index (χ4v) is 2.60.